The van der Waals surface area contributed by atoms with Gasteiger partial charge in [-0.1, -0.05) is 22.9 Å². The number of carboxylic acid groups (broad SMARTS) is 1. The summed E-state index contributed by atoms with van der Waals surface area (Å²) in [6.07, 6.45) is 0. The third kappa shape index (κ3) is 1.96. The van der Waals surface area contributed by atoms with Gasteiger partial charge in [0.1, 0.15) is 4.70 Å². The number of halogens is 1. The third-order valence-electron chi connectivity index (χ3n) is 2.14. The topological polar surface area (TPSA) is 41.2 Å². The highest BCUT2D eigenvalue weighted by atomic mass is 35.5. The molecule has 2 aromatic rings. The van der Waals surface area contributed by atoms with Gasteiger partial charge in [0.2, 0.25) is 17.1 Å². The lowest BCUT2D eigenvalue weighted by Crippen LogP contribution is -2.38. The molecule has 1 heterocycles. The van der Waals surface area contributed by atoms with Crippen molar-refractivity contribution in [2.24, 2.45) is 0 Å². The number of rotatable bonds is 2. The van der Waals surface area contributed by atoms with Crippen LogP contribution in [0.15, 0.2) is 18.2 Å². The third-order valence-corrected chi connectivity index (χ3v) is 3.44. The molecule has 15 heavy (non-hydrogen) atoms. The van der Waals surface area contributed by atoms with E-state index in [0.29, 0.717) is 5.02 Å². The van der Waals surface area contributed by atoms with E-state index in [2.05, 4.69) is 0 Å². The first-order valence-corrected chi connectivity index (χ1v) is 5.57. The molecular formula is C10H9ClNO2S+. The zero-order valence-electron chi connectivity index (χ0n) is 8.03. The second-order valence-electron chi connectivity index (χ2n) is 3.21. The van der Waals surface area contributed by atoms with Gasteiger partial charge < -0.3 is 5.11 Å². The molecule has 0 amide bonds. The van der Waals surface area contributed by atoms with Gasteiger partial charge in [-0.3, -0.25) is 0 Å². The summed E-state index contributed by atoms with van der Waals surface area (Å²) >= 11 is 7.42. The van der Waals surface area contributed by atoms with E-state index in [9.17, 15) is 4.79 Å². The lowest BCUT2D eigenvalue weighted by atomic mass is 10.3. The fraction of sp³-hybridized carbons (Fsp3) is 0.200. The van der Waals surface area contributed by atoms with Crippen LogP contribution in [0.1, 0.15) is 5.01 Å². The van der Waals surface area contributed by atoms with Gasteiger partial charge in [-0.05, 0) is 12.1 Å². The molecule has 0 bridgehead atoms. The van der Waals surface area contributed by atoms with Gasteiger partial charge in [-0.2, -0.15) is 4.57 Å². The second-order valence-corrected chi connectivity index (χ2v) is 4.88. The van der Waals surface area contributed by atoms with Crippen LogP contribution >= 0.6 is 22.9 Å². The second kappa shape index (κ2) is 3.79. The van der Waals surface area contributed by atoms with Crippen molar-refractivity contribution in [3.05, 3.63) is 28.2 Å². The Labute approximate surface area is 95.5 Å². The summed E-state index contributed by atoms with van der Waals surface area (Å²) in [4.78, 5) is 10.7. The quantitative estimate of drug-likeness (QED) is 0.821. The Morgan fingerprint density at radius 2 is 2.33 bits per heavy atom. The molecule has 0 spiro atoms. The van der Waals surface area contributed by atoms with Gasteiger partial charge in [0.05, 0.1) is 0 Å². The van der Waals surface area contributed by atoms with Crippen molar-refractivity contribution in [1.29, 1.82) is 0 Å². The molecule has 5 heteroatoms. The maximum atomic E-state index is 10.7. The van der Waals surface area contributed by atoms with Crippen molar-refractivity contribution in [3.8, 4) is 0 Å². The SMILES string of the molecule is Cc1sc2cc(Cl)ccc2[n+]1CC(=O)O. The number of aliphatic carboxylic acids is 1. The molecule has 1 N–H and O–H groups in total. The monoisotopic (exact) mass is 242 g/mol. The van der Waals surface area contributed by atoms with Crippen molar-refractivity contribution in [1.82, 2.24) is 0 Å². The molecule has 0 radical (unpaired) electrons. The smallest absolute Gasteiger partial charge is 0.370 e. The number of carbonyl (C=O) groups is 1. The fourth-order valence-corrected chi connectivity index (χ4v) is 2.81. The number of fused-ring (bicyclic) bond motifs is 1. The Balaban J connectivity index is 2.63. The summed E-state index contributed by atoms with van der Waals surface area (Å²) in [5.41, 5.74) is 0.921. The van der Waals surface area contributed by atoms with Crippen LogP contribution in [0.3, 0.4) is 0 Å². The Kier molecular flexibility index (Phi) is 2.63. The van der Waals surface area contributed by atoms with Crippen LogP contribution in [0.2, 0.25) is 5.02 Å². The van der Waals surface area contributed by atoms with E-state index in [-0.39, 0.29) is 6.54 Å². The summed E-state index contributed by atoms with van der Waals surface area (Å²) < 4.78 is 2.79. The van der Waals surface area contributed by atoms with Crippen LogP contribution in [-0.4, -0.2) is 11.1 Å². The molecule has 0 aliphatic heterocycles. The first kappa shape index (κ1) is 10.4. The molecule has 0 aliphatic rings. The van der Waals surface area contributed by atoms with E-state index in [1.807, 2.05) is 19.1 Å². The summed E-state index contributed by atoms with van der Waals surface area (Å²) in [6.45, 7) is 1.90. The molecule has 0 saturated heterocycles. The van der Waals surface area contributed by atoms with Gasteiger partial charge in [0.15, 0.2) is 0 Å². The summed E-state index contributed by atoms with van der Waals surface area (Å²) in [6, 6.07) is 5.48. The van der Waals surface area contributed by atoms with Crippen molar-refractivity contribution in [3.63, 3.8) is 0 Å². The first-order chi connectivity index (χ1) is 7.08. The lowest BCUT2D eigenvalue weighted by molar-refractivity contribution is -0.661. The Morgan fingerprint density at radius 3 is 3.00 bits per heavy atom. The van der Waals surface area contributed by atoms with Gasteiger partial charge >= 0.3 is 5.97 Å². The van der Waals surface area contributed by atoms with Crippen LogP contribution in [0.4, 0.5) is 0 Å². The van der Waals surface area contributed by atoms with Crippen LogP contribution in [0.25, 0.3) is 10.2 Å². The van der Waals surface area contributed by atoms with Gasteiger partial charge in [-0.15, -0.1) is 0 Å². The van der Waals surface area contributed by atoms with Crippen molar-refractivity contribution >= 4 is 39.1 Å². The number of hydrogen-bond donors (Lipinski definition) is 1. The highest BCUT2D eigenvalue weighted by Crippen LogP contribution is 2.23. The van der Waals surface area contributed by atoms with E-state index >= 15 is 0 Å². The van der Waals surface area contributed by atoms with Gasteiger partial charge in [-0.25, -0.2) is 4.79 Å². The maximum absolute atomic E-state index is 10.7. The number of aryl methyl sites for hydroxylation is 1. The van der Waals surface area contributed by atoms with E-state index in [4.69, 9.17) is 16.7 Å². The fourth-order valence-electron chi connectivity index (χ4n) is 1.51. The number of hydrogen-bond acceptors (Lipinski definition) is 2. The molecule has 78 valence electrons. The minimum atomic E-state index is -0.835. The highest BCUT2D eigenvalue weighted by molar-refractivity contribution is 7.18. The standard InChI is InChI=1S/C10H8ClNO2S/c1-6-12(5-10(13)14)8-3-2-7(11)4-9(8)15-6/h2-4H,5H2,1H3/p+1. The zero-order valence-corrected chi connectivity index (χ0v) is 9.60. The molecule has 0 fully saturated rings. The Hall–Kier alpha value is -1.13. The average Bonchev–Trinajstić information content (AvgIpc) is 2.41. The van der Waals surface area contributed by atoms with E-state index in [1.165, 1.54) is 0 Å². The lowest BCUT2D eigenvalue weighted by Gasteiger charge is -1.91. The van der Waals surface area contributed by atoms with Crippen LogP contribution in [0, 0.1) is 6.92 Å². The summed E-state index contributed by atoms with van der Waals surface area (Å²) in [7, 11) is 0. The van der Waals surface area contributed by atoms with Crippen LogP contribution in [0.5, 0.6) is 0 Å². The van der Waals surface area contributed by atoms with Crippen LogP contribution < -0.4 is 4.57 Å². The number of nitrogens with zero attached hydrogens (tertiary/aromatic N) is 1. The number of carboxylic acids is 1. The van der Waals surface area contributed by atoms with Crippen LogP contribution in [-0.2, 0) is 11.3 Å². The van der Waals surface area contributed by atoms with E-state index in [1.54, 1.807) is 22.0 Å². The maximum Gasteiger partial charge on any atom is 0.370 e. The van der Waals surface area contributed by atoms with E-state index in [0.717, 1.165) is 15.2 Å². The van der Waals surface area contributed by atoms with E-state index < -0.39 is 5.97 Å². The molecule has 1 aromatic heterocycles. The minimum absolute atomic E-state index is 0.00648. The largest absolute Gasteiger partial charge is 0.477 e. The molecule has 0 aliphatic carbocycles. The van der Waals surface area contributed by atoms with Gasteiger partial charge in [0.25, 0.3) is 0 Å². The zero-order chi connectivity index (χ0) is 11.0. The molecular weight excluding hydrogens is 234 g/mol. The molecule has 3 nitrogen and oxygen atoms in total. The Morgan fingerprint density at radius 1 is 1.60 bits per heavy atom. The normalized spacial score (nSPS) is 10.8. The number of thiazole rings is 1. The Bertz CT molecular complexity index is 535. The minimum Gasteiger partial charge on any atom is -0.477 e. The number of aromatic nitrogens is 1. The summed E-state index contributed by atoms with van der Waals surface area (Å²) in [5, 5.41) is 10.4. The first-order valence-electron chi connectivity index (χ1n) is 4.38. The van der Waals surface area contributed by atoms with Crippen molar-refractivity contribution < 1.29 is 14.5 Å². The summed E-state index contributed by atoms with van der Waals surface area (Å²) in [5.74, 6) is -0.835. The molecule has 0 atom stereocenters. The average molecular weight is 243 g/mol. The molecule has 2 rings (SSSR count). The predicted octanol–water partition coefficient (Wildman–Crippen LogP) is 2.24. The van der Waals surface area contributed by atoms with Crippen molar-refractivity contribution in [2.75, 3.05) is 0 Å². The van der Waals surface area contributed by atoms with Crippen molar-refractivity contribution in [2.45, 2.75) is 13.5 Å². The molecule has 0 unspecified atom stereocenters. The predicted molar refractivity (Wildman–Crippen MR) is 59.4 cm³/mol. The number of benzene rings is 1. The highest BCUT2D eigenvalue weighted by Gasteiger charge is 2.19. The molecule has 0 saturated carbocycles. The molecule has 1 aromatic carbocycles. The van der Waals surface area contributed by atoms with Gasteiger partial charge in [0, 0.05) is 18.0 Å².